The molecular weight excluding hydrogens is 617 g/mol. The molecule has 6 aliphatic rings. The maximum absolute atomic E-state index is 2.82. The molecule has 2 nitrogen and oxygen atoms in total. The van der Waals surface area contributed by atoms with Gasteiger partial charge in [0.25, 0.3) is 0 Å². The molecule has 0 N–H and O–H groups in total. The summed E-state index contributed by atoms with van der Waals surface area (Å²) in [5, 5.41) is 1.36. The van der Waals surface area contributed by atoms with E-state index < -0.39 is 0 Å². The van der Waals surface area contributed by atoms with Gasteiger partial charge in [0.2, 0.25) is 0 Å². The Bertz CT molecular complexity index is 2210. The van der Waals surface area contributed by atoms with E-state index in [9.17, 15) is 0 Å². The number of aromatic nitrogens is 1. The predicted octanol–water partition coefficient (Wildman–Crippen LogP) is 12.3. The minimum absolute atomic E-state index is 0.132. The highest BCUT2D eigenvalue weighted by molar-refractivity contribution is 5.93. The maximum Gasteiger partial charge on any atom is 0.0537 e. The Balaban J connectivity index is 1.12. The summed E-state index contributed by atoms with van der Waals surface area (Å²) in [6, 6.07) is 29.4. The highest BCUT2D eigenvalue weighted by atomic mass is 15.2. The van der Waals surface area contributed by atoms with Crippen LogP contribution in [-0.2, 0) is 11.8 Å². The summed E-state index contributed by atoms with van der Waals surface area (Å²) in [6.07, 6.45) is 22.3. The molecule has 5 unspecified atom stereocenters. The zero-order valence-electron chi connectivity index (χ0n) is 31.1. The van der Waals surface area contributed by atoms with Crippen molar-refractivity contribution in [3.05, 3.63) is 154 Å². The van der Waals surface area contributed by atoms with Crippen molar-refractivity contribution in [2.75, 3.05) is 0 Å². The van der Waals surface area contributed by atoms with E-state index in [0.717, 1.165) is 25.7 Å². The van der Waals surface area contributed by atoms with Gasteiger partial charge < -0.3 is 9.47 Å². The SMILES string of the molecule is CC1C(N(C2=Cc3c(n(-c4ccccc4)c4ccccc34)CC2)C2=CC=C3C4CCC=CC4C(C)(C)C3C2)=CCC2c3ccccc3C(C)(C)[C@H]12. The molecule has 3 aromatic carbocycles. The molecule has 0 bridgehead atoms. The van der Waals surface area contributed by atoms with Crippen LogP contribution in [0.3, 0.4) is 0 Å². The van der Waals surface area contributed by atoms with Crippen molar-refractivity contribution in [1.29, 1.82) is 0 Å². The topological polar surface area (TPSA) is 8.17 Å². The van der Waals surface area contributed by atoms with Crippen LogP contribution in [0, 0.1) is 35.0 Å². The van der Waals surface area contributed by atoms with Crippen LogP contribution in [0.4, 0.5) is 0 Å². The molecule has 51 heavy (non-hydrogen) atoms. The van der Waals surface area contributed by atoms with Crippen LogP contribution in [0.1, 0.15) is 95.0 Å². The molecule has 1 heterocycles. The van der Waals surface area contributed by atoms with Crippen molar-refractivity contribution >= 4 is 17.0 Å². The summed E-state index contributed by atoms with van der Waals surface area (Å²) in [4.78, 5) is 2.82. The molecule has 10 rings (SSSR count). The number of fused-ring (bicyclic) bond motifs is 9. The highest BCUT2D eigenvalue weighted by Gasteiger charge is 2.54. The predicted molar refractivity (Wildman–Crippen MR) is 212 cm³/mol. The van der Waals surface area contributed by atoms with E-state index in [2.05, 4.69) is 159 Å². The summed E-state index contributed by atoms with van der Waals surface area (Å²) in [6.45, 7) is 12.7. The van der Waals surface area contributed by atoms with Crippen molar-refractivity contribution in [2.45, 2.75) is 84.5 Å². The fourth-order valence-electron chi connectivity index (χ4n) is 12.4. The van der Waals surface area contributed by atoms with Gasteiger partial charge in [-0.05, 0) is 120 Å². The van der Waals surface area contributed by atoms with Crippen LogP contribution in [0.2, 0.25) is 0 Å². The molecule has 6 aliphatic carbocycles. The molecule has 0 spiro atoms. The van der Waals surface area contributed by atoms with E-state index in [1.54, 1.807) is 16.7 Å². The molecule has 4 aromatic rings. The van der Waals surface area contributed by atoms with E-state index in [-0.39, 0.29) is 10.8 Å². The molecule has 1 saturated carbocycles. The third-order valence-corrected chi connectivity index (χ3v) is 14.6. The van der Waals surface area contributed by atoms with Crippen molar-refractivity contribution in [2.24, 2.45) is 35.0 Å². The van der Waals surface area contributed by atoms with Crippen LogP contribution >= 0.6 is 0 Å². The van der Waals surface area contributed by atoms with Gasteiger partial charge in [0.1, 0.15) is 0 Å². The quantitative estimate of drug-likeness (QED) is 0.197. The lowest BCUT2D eigenvalue weighted by Crippen LogP contribution is -2.40. The molecule has 6 atom stereocenters. The lowest BCUT2D eigenvalue weighted by Gasteiger charge is -2.46. The Kier molecular flexibility index (Phi) is 7.00. The van der Waals surface area contributed by atoms with Crippen LogP contribution < -0.4 is 0 Å². The van der Waals surface area contributed by atoms with Gasteiger partial charge in [-0.25, -0.2) is 0 Å². The Morgan fingerprint density at radius 3 is 2.45 bits per heavy atom. The van der Waals surface area contributed by atoms with Gasteiger partial charge in [-0.2, -0.15) is 0 Å². The van der Waals surface area contributed by atoms with Crippen molar-refractivity contribution in [3.63, 3.8) is 0 Å². The van der Waals surface area contributed by atoms with Crippen LogP contribution in [-0.4, -0.2) is 9.47 Å². The summed E-state index contributed by atoms with van der Waals surface area (Å²) in [5.74, 6) is 3.53. The second kappa shape index (κ2) is 11.3. The van der Waals surface area contributed by atoms with Gasteiger partial charge in [0.05, 0.1) is 5.52 Å². The van der Waals surface area contributed by atoms with Crippen molar-refractivity contribution in [3.8, 4) is 5.69 Å². The minimum Gasteiger partial charge on any atom is -0.322 e. The fraction of sp³-hybridized carbons (Fsp3) is 0.388. The summed E-state index contributed by atoms with van der Waals surface area (Å²) in [7, 11) is 0. The second-order valence-electron chi connectivity index (χ2n) is 17.7. The van der Waals surface area contributed by atoms with E-state index in [1.807, 2.05) is 0 Å². The molecule has 2 heteroatoms. The van der Waals surface area contributed by atoms with Gasteiger partial charge in [0.15, 0.2) is 0 Å². The molecule has 0 saturated heterocycles. The number of benzene rings is 3. The molecule has 0 aliphatic heterocycles. The first kappa shape index (κ1) is 31.4. The standard InChI is InChI=1S/C49H52N2/c1-31-44(28-26-39-36-18-10-13-21-42(36)49(4,5)47(31)39)50(34-23-25-37-35-17-9-12-20-41(35)48(2,3)43(37)30-34)33-24-27-46-40(29-33)38-19-11-14-22-45(38)51(46)32-15-7-6-8-16-32/h6-8,10-16,18-23,25,28-29,31,35,39,41,43,47H,9,17,24,26-27,30H2,1-5H3/t31?,35?,39?,41?,43?,47-/m1/s1. The number of hydrogen-bond acceptors (Lipinski definition) is 1. The second-order valence-corrected chi connectivity index (χ2v) is 17.7. The van der Waals surface area contributed by atoms with Crippen LogP contribution in [0.15, 0.2) is 132 Å². The Labute approximate surface area is 305 Å². The molecule has 258 valence electrons. The number of para-hydroxylation sites is 2. The smallest absolute Gasteiger partial charge is 0.0537 e. The van der Waals surface area contributed by atoms with Crippen LogP contribution in [0.5, 0.6) is 0 Å². The van der Waals surface area contributed by atoms with Gasteiger partial charge in [0, 0.05) is 45.3 Å². The van der Waals surface area contributed by atoms with Gasteiger partial charge in [-0.15, -0.1) is 0 Å². The lowest BCUT2D eigenvalue weighted by molar-refractivity contribution is 0.183. The first-order chi connectivity index (χ1) is 24.7. The first-order valence-electron chi connectivity index (χ1n) is 19.8. The third-order valence-electron chi connectivity index (χ3n) is 14.6. The first-order valence-corrected chi connectivity index (χ1v) is 19.8. The highest BCUT2D eigenvalue weighted by Crippen LogP contribution is 2.62. The van der Waals surface area contributed by atoms with Crippen molar-refractivity contribution in [1.82, 2.24) is 9.47 Å². The zero-order chi connectivity index (χ0) is 34.6. The summed E-state index contributed by atoms with van der Waals surface area (Å²) in [5.41, 5.74) is 15.2. The number of rotatable bonds is 4. The maximum atomic E-state index is 2.82. The van der Waals surface area contributed by atoms with E-state index >= 15 is 0 Å². The molecule has 1 aromatic heterocycles. The average molecular weight is 669 g/mol. The monoisotopic (exact) mass is 668 g/mol. The molecule has 0 amide bonds. The normalized spacial score (nSPS) is 29.5. The fourth-order valence-corrected chi connectivity index (χ4v) is 12.4. The van der Waals surface area contributed by atoms with E-state index in [1.165, 1.54) is 57.8 Å². The largest absolute Gasteiger partial charge is 0.322 e. The Morgan fingerprint density at radius 2 is 1.59 bits per heavy atom. The Morgan fingerprint density at radius 1 is 0.804 bits per heavy atom. The summed E-state index contributed by atoms with van der Waals surface area (Å²) < 4.78 is 2.53. The third kappa shape index (κ3) is 4.47. The molecule has 1 fully saturated rings. The number of nitrogens with zero attached hydrogens (tertiary/aromatic N) is 2. The van der Waals surface area contributed by atoms with Gasteiger partial charge in [-0.3, -0.25) is 0 Å². The lowest BCUT2D eigenvalue weighted by atomic mass is 9.65. The molecular formula is C49H52N2. The van der Waals surface area contributed by atoms with Crippen LogP contribution in [0.25, 0.3) is 22.7 Å². The minimum atomic E-state index is 0.132. The van der Waals surface area contributed by atoms with Gasteiger partial charge in [-0.1, -0.05) is 125 Å². The Hall–Kier alpha value is -4.30. The van der Waals surface area contributed by atoms with Crippen molar-refractivity contribution < 1.29 is 0 Å². The molecule has 0 radical (unpaired) electrons. The number of hydrogen-bond donors (Lipinski definition) is 0. The number of allylic oxidation sites excluding steroid dienone is 9. The van der Waals surface area contributed by atoms with E-state index in [4.69, 9.17) is 0 Å². The average Bonchev–Trinajstić information content (AvgIpc) is 3.70. The summed E-state index contributed by atoms with van der Waals surface area (Å²) >= 11 is 0. The van der Waals surface area contributed by atoms with Gasteiger partial charge >= 0.3 is 0 Å². The zero-order valence-corrected chi connectivity index (χ0v) is 31.1. The van der Waals surface area contributed by atoms with E-state index in [0.29, 0.717) is 35.5 Å².